The monoisotopic (exact) mass is 329 g/mol. The highest BCUT2D eigenvalue weighted by molar-refractivity contribution is 9.10. The molecule has 0 aliphatic heterocycles. The number of hydrogen-bond acceptors (Lipinski definition) is 1. The van der Waals surface area contributed by atoms with Gasteiger partial charge in [0.15, 0.2) is 0 Å². The third kappa shape index (κ3) is 3.72. The highest BCUT2D eigenvalue weighted by Crippen LogP contribution is 2.24. The van der Waals surface area contributed by atoms with Crippen molar-refractivity contribution in [1.82, 2.24) is 5.32 Å². The second-order valence-electron chi connectivity index (χ2n) is 5.09. The fourth-order valence-corrected chi connectivity index (χ4v) is 3.22. The van der Waals surface area contributed by atoms with Crippen molar-refractivity contribution < 1.29 is 4.79 Å². The van der Waals surface area contributed by atoms with Crippen LogP contribution in [-0.4, -0.2) is 11.9 Å². The average molecular weight is 331 g/mol. The summed E-state index contributed by atoms with van der Waals surface area (Å²) in [5.41, 5.74) is 0.619. The quantitative estimate of drug-likeness (QED) is 0.855. The summed E-state index contributed by atoms with van der Waals surface area (Å²) in [4.78, 5) is 12.1. The molecular formula is C14H17BrClNO. The summed E-state index contributed by atoms with van der Waals surface area (Å²) in [7, 11) is 0. The summed E-state index contributed by atoms with van der Waals surface area (Å²) in [6, 6.07) is 5.59. The number of benzene rings is 1. The minimum atomic E-state index is -0.0299. The molecule has 0 unspecified atom stereocenters. The van der Waals surface area contributed by atoms with Crippen molar-refractivity contribution >= 4 is 33.4 Å². The third-order valence-electron chi connectivity index (χ3n) is 3.48. The molecule has 0 spiro atoms. The summed E-state index contributed by atoms with van der Waals surface area (Å²) in [5, 5.41) is 3.67. The standard InChI is InChI=1S/C14H17BrClNO/c1-9-2-4-13(5-3-9)17-14(18)10-6-11(15)8-12(16)7-10/h6-9,13H,2-5H2,1H3,(H,17,18). The first-order chi connectivity index (χ1) is 8.54. The van der Waals surface area contributed by atoms with Crippen LogP contribution < -0.4 is 5.32 Å². The van der Waals surface area contributed by atoms with E-state index in [4.69, 9.17) is 11.6 Å². The number of halogens is 2. The largest absolute Gasteiger partial charge is 0.349 e. The molecule has 98 valence electrons. The maximum absolute atomic E-state index is 12.1. The van der Waals surface area contributed by atoms with Gasteiger partial charge in [-0.05, 0) is 49.8 Å². The SMILES string of the molecule is CC1CCC(NC(=O)c2cc(Cl)cc(Br)c2)CC1. The zero-order valence-electron chi connectivity index (χ0n) is 10.4. The van der Waals surface area contributed by atoms with Crippen LogP contribution in [0.5, 0.6) is 0 Å². The fraction of sp³-hybridized carbons (Fsp3) is 0.500. The zero-order valence-corrected chi connectivity index (χ0v) is 12.7. The lowest BCUT2D eigenvalue weighted by Crippen LogP contribution is -2.37. The molecule has 0 radical (unpaired) electrons. The Labute approximate surface area is 121 Å². The lowest BCUT2D eigenvalue weighted by Gasteiger charge is -2.26. The van der Waals surface area contributed by atoms with Gasteiger partial charge in [0.25, 0.3) is 5.91 Å². The van der Waals surface area contributed by atoms with Crippen molar-refractivity contribution in [2.24, 2.45) is 5.92 Å². The number of hydrogen-bond donors (Lipinski definition) is 1. The van der Waals surface area contributed by atoms with Crippen LogP contribution in [-0.2, 0) is 0 Å². The number of nitrogens with one attached hydrogen (secondary N) is 1. The molecule has 1 aliphatic carbocycles. The maximum Gasteiger partial charge on any atom is 0.251 e. The summed E-state index contributed by atoms with van der Waals surface area (Å²) in [6.07, 6.45) is 4.55. The van der Waals surface area contributed by atoms with Gasteiger partial charge in [0, 0.05) is 21.1 Å². The molecule has 2 rings (SSSR count). The van der Waals surface area contributed by atoms with E-state index in [0.29, 0.717) is 16.6 Å². The predicted molar refractivity (Wildman–Crippen MR) is 78.0 cm³/mol. The lowest BCUT2D eigenvalue weighted by molar-refractivity contribution is 0.0923. The second kappa shape index (κ2) is 6.07. The highest BCUT2D eigenvalue weighted by atomic mass is 79.9. The van der Waals surface area contributed by atoms with Gasteiger partial charge in [0.05, 0.1) is 0 Å². The number of carbonyl (C=O) groups excluding carboxylic acids is 1. The van der Waals surface area contributed by atoms with E-state index in [2.05, 4.69) is 28.2 Å². The average Bonchev–Trinajstić information content (AvgIpc) is 2.31. The smallest absolute Gasteiger partial charge is 0.251 e. The Morgan fingerprint density at radius 2 is 1.94 bits per heavy atom. The van der Waals surface area contributed by atoms with Gasteiger partial charge in [-0.15, -0.1) is 0 Å². The summed E-state index contributed by atoms with van der Waals surface area (Å²) < 4.78 is 0.831. The number of amides is 1. The van der Waals surface area contributed by atoms with Crippen molar-refractivity contribution in [3.63, 3.8) is 0 Å². The molecule has 0 bridgehead atoms. The first-order valence-electron chi connectivity index (χ1n) is 6.31. The normalized spacial score (nSPS) is 23.7. The van der Waals surface area contributed by atoms with Gasteiger partial charge in [0.1, 0.15) is 0 Å². The zero-order chi connectivity index (χ0) is 13.1. The van der Waals surface area contributed by atoms with Crippen LogP contribution in [0.4, 0.5) is 0 Å². The van der Waals surface area contributed by atoms with Gasteiger partial charge in [0.2, 0.25) is 0 Å². The summed E-state index contributed by atoms with van der Waals surface area (Å²) in [5.74, 6) is 0.760. The van der Waals surface area contributed by atoms with Crippen LogP contribution in [0.3, 0.4) is 0 Å². The van der Waals surface area contributed by atoms with Crippen LogP contribution in [0.25, 0.3) is 0 Å². The molecule has 1 fully saturated rings. The van der Waals surface area contributed by atoms with Crippen LogP contribution in [0.15, 0.2) is 22.7 Å². The third-order valence-corrected chi connectivity index (χ3v) is 4.15. The molecule has 1 amide bonds. The van der Waals surface area contributed by atoms with Gasteiger partial charge >= 0.3 is 0 Å². The van der Waals surface area contributed by atoms with E-state index in [-0.39, 0.29) is 5.91 Å². The number of carbonyl (C=O) groups is 1. The van der Waals surface area contributed by atoms with Gasteiger partial charge in [-0.3, -0.25) is 4.79 Å². The van der Waals surface area contributed by atoms with E-state index < -0.39 is 0 Å². The van der Waals surface area contributed by atoms with E-state index in [1.165, 1.54) is 12.8 Å². The Morgan fingerprint density at radius 1 is 1.28 bits per heavy atom. The van der Waals surface area contributed by atoms with Crippen molar-refractivity contribution in [2.75, 3.05) is 0 Å². The molecule has 0 saturated heterocycles. The van der Waals surface area contributed by atoms with Crippen molar-refractivity contribution in [3.05, 3.63) is 33.3 Å². The van der Waals surface area contributed by atoms with E-state index in [1.54, 1.807) is 18.2 Å². The van der Waals surface area contributed by atoms with E-state index >= 15 is 0 Å². The maximum atomic E-state index is 12.1. The molecule has 0 atom stereocenters. The molecule has 1 aromatic rings. The minimum Gasteiger partial charge on any atom is -0.349 e. The van der Waals surface area contributed by atoms with Crippen molar-refractivity contribution in [3.8, 4) is 0 Å². The van der Waals surface area contributed by atoms with Crippen LogP contribution in [0.1, 0.15) is 43.0 Å². The highest BCUT2D eigenvalue weighted by Gasteiger charge is 2.20. The Hall–Kier alpha value is -0.540. The summed E-state index contributed by atoms with van der Waals surface area (Å²) >= 11 is 9.30. The molecule has 0 heterocycles. The molecule has 1 aliphatic rings. The van der Waals surface area contributed by atoms with Gasteiger partial charge in [-0.1, -0.05) is 34.5 Å². The molecule has 1 N–H and O–H groups in total. The van der Waals surface area contributed by atoms with Crippen LogP contribution >= 0.6 is 27.5 Å². The summed E-state index contributed by atoms with van der Waals surface area (Å²) in [6.45, 7) is 2.27. The number of rotatable bonds is 2. The molecular weight excluding hydrogens is 314 g/mol. The Kier molecular flexibility index (Phi) is 4.68. The lowest BCUT2D eigenvalue weighted by atomic mass is 9.87. The van der Waals surface area contributed by atoms with E-state index in [1.807, 2.05) is 0 Å². The molecule has 0 aromatic heterocycles. The molecule has 1 saturated carbocycles. The first-order valence-corrected chi connectivity index (χ1v) is 7.48. The van der Waals surface area contributed by atoms with Gasteiger partial charge in [-0.25, -0.2) is 0 Å². The topological polar surface area (TPSA) is 29.1 Å². The van der Waals surface area contributed by atoms with Gasteiger partial charge in [-0.2, -0.15) is 0 Å². The fourth-order valence-electron chi connectivity index (χ4n) is 2.36. The Balaban J connectivity index is 1.99. The van der Waals surface area contributed by atoms with E-state index in [9.17, 15) is 4.79 Å². The molecule has 4 heteroatoms. The van der Waals surface area contributed by atoms with Crippen molar-refractivity contribution in [2.45, 2.75) is 38.6 Å². The van der Waals surface area contributed by atoms with Crippen LogP contribution in [0, 0.1) is 5.92 Å². The van der Waals surface area contributed by atoms with Gasteiger partial charge < -0.3 is 5.32 Å². The predicted octanol–water partition coefficient (Wildman–Crippen LogP) is 4.41. The Morgan fingerprint density at radius 3 is 2.56 bits per heavy atom. The molecule has 18 heavy (non-hydrogen) atoms. The van der Waals surface area contributed by atoms with Crippen LogP contribution in [0.2, 0.25) is 5.02 Å². The van der Waals surface area contributed by atoms with Crippen molar-refractivity contribution in [1.29, 1.82) is 0 Å². The minimum absolute atomic E-state index is 0.0299. The van der Waals surface area contributed by atoms with E-state index in [0.717, 1.165) is 23.2 Å². The second-order valence-corrected chi connectivity index (χ2v) is 6.44. The first kappa shape index (κ1) is 13.9. The molecule has 2 nitrogen and oxygen atoms in total. The Bertz CT molecular complexity index is 421. The molecule has 1 aromatic carbocycles.